The van der Waals surface area contributed by atoms with Crippen molar-refractivity contribution in [2.75, 3.05) is 6.54 Å². The number of sulfone groups is 1. The van der Waals surface area contributed by atoms with Gasteiger partial charge in [-0.25, -0.2) is 13.4 Å². The van der Waals surface area contributed by atoms with Gasteiger partial charge in [0.05, 0.1) is 17.6 Å². The predicted molar refractivity (Wildman–Crippen MR) is 94.2 cm³/mol. The molecule has 0 bridgehead atoms. The second-order valence-electron chi connectivity index (χ2n) is 6.14. The normalized spacial score (nSPS) is 13.2. The van der Waals surface area contributed by atoms with Crippen LogP contribution in [0.2, 0.25) is 0 Å². The summed E-state index contributed by atoms with van der Waals surface area (Å²) in [6, 6.07) is 0. The molecule has 132 valence electrons. The van der Waals surface area contributed by atoms with Crippen molar-refractivity contribution in [2.45, 2.75) is 31.8 Å². The lowest BCUT2D eigenvalue weighted by molar-refractivity contribution is -0.120. The molecule has 2 aromatic heterocycles. The van der Waals surface area contributed by atoms with Crippen LogP contribution in [0.3, 0.4) is 0 Å². The van der Waals surface area contributed by atoms with Gasteiger partial charge < -0.3 is 5.32 Å². The molecule has 0 aliphatic rings. The first-order valence-corrected chi connectivity index (χ1v) is 10.2. The maximum absolute atomic E-state index is 12.4. The molecule has 9 heteroatoms. The summed E-state index contributed by atoms with van der Waals surface area (Å²) in [7, 11) is -1.81. The molecular formula is C15H22N4O3S2. The molecule has 0 saturated heterocycles. The zero-order chi connectivity index (χ0) is 17.9. The number of amides is 1. The van der Waals surface area contributed by atoms with E-state index in [-0.39, 0.29) is 11.7 Å². The lowest BCUT2D eigenvalue weighted by Gasteiger charge is -2.13. The van der Waals surface area contributed by atoms with Crippen molar-refractivity contribution in [2.24, 2.45) is 13.0 Å². The largest absolute Gasteiger partial charge is 0.355 e. The number of aromatic nitrogens is 3. The van der Waals surface area contributed by atoms with Crippen molar-refractivity contribution in [3.63, 3.8) is 0 Å². The molecule has 2 aromatic rings. The Bertz CT molecular complexity index is 808. The maximum Gasteiger partial charge on any atom is 0.238 e. The molecule has 1 N–H and O–H groups in total. The molecule has 1 unspecified atom stereocenters. The molecule has 24 heavy (non-hydrogen) atoms. The lowest BCUT2D eigenvalue weighted by Crippen LogP contribution is -2.39. The Morgan fingerprint density at radius 2 is 2.08 bits per heavy atom. The van der Waals surface area contributed by atoms with E-state index < -0.39 is 21.0 Å². The summed E-state index contributed by atoms with van der Waals surface area (Å²) < 4.78 is 26.5. The highest BCUT2D eigenvalue weighted by atomic mass is 32.2. The molecule has 2 rings (SSSR count). The number of thiazole rings is 1. The van der Waals surface area contributed by atoms with Gasteiger partial charge in [0.2, 0.25) is 5.91 Å². The van der Waals surface area contributed by atoms with Gasteiger partial charge in [-0.2, -0.15) is 5.10 Å². The molecule has 0 aliphatic carbocycles. The van der Waals surface area contributed by atoms with E-state index in [0.29, 0.717) is 17.2 Å². The van der Waals surface area contributed by atoms with Gasteiger partial charge in [0, 0.05) is 30.7 Å². The average molecular weight is 371 g/mol. The fourth-order valence-corrected chi connectivity index (χ4v) is 4.10. The molecule has 0 aliphatic heterocycles. The molecular weight excluding hydrogens is 348 g/mol. The van der Waals surface area contributed by atoms with E-state index >= 15 is 0 Å². The molecule has 0 fully saturated rings. The second-order valence-corrected chi connectivity index (χ2v) is 9.31. The minimum absolute atomic E-state index is 0.250. The first kappa shape index (κ1) is 18.6. The minimum Gasteiger partial charge on any atom is -0.355 e. The molecule has 7 nitrogen and oxygen atoms in total. The maximum atomic E-state index is 12.4. The second kappa shape index (κ2) is 7.43. The molecule has 2 heterocycles. The number of hydrogen-bond acceptors (Lipinski definition) is 6. The van der Waals surface area contributed by atoms with Crippen LogP contribution in [0.25, 0.3) is 10.6 Å². The lowest BCUT2D eigenvalue weighted by atomic mass is 10.2. The molecule has 0 saturated carbocycles. The standard InChI is InChI=1S/C15H22N4O3S2/c1-10(2)5-16-14(20)11(3)24(21,22)9-13-8-23-15(18-13)12-6-17-19(4)7-12/h6-8,10-11H,5,9H2,1-4H3,(H,16,20). The quantitative estimate of drug-likeness (QED) is 0.799. The van der Waals surface area contributed by atoms with E-state index in [0.717, 1.165) is 5.56 Å². The zero-order valence-electron chi connectivity index (χ0n) is 14.2. The van der Waals surface area contributed by atoms with Crippen molar-refractivity contribution in [3.05, 3.63) is 23.5 Å². The molecule has 0 radical (unpaired) electrons. The van der Waals surface area contributed by atoms with E-state index in [1.165, 1.54) is 18.3 Å². The van der Waals surface area contributed by atoms with Crippen LogP contribution in [0.4, 0.5) is 0 Å². The summed E-state index contributed by atoms with van der Waals surface area (Å²) in [6.07, 6.45) is 3.50. The number of hydrogen-bond donors (Lipinski definition) is 1. The highest BCUT2D eigenvalue weighted by molar-refractivity contribution is 7.92. The average Bonchev–Trinajstić information content (AvgIpc) is 3.12. The third-order valence-electron chi connectivity index (χ3n) is 3.45. The van der Waals surface area contributed by atoms with Crippen LogP contribution in [0.5, 0.6) is 0 Å². The first-order valence-electron chi connectivity index (χ1n) is 7.61. The van der Waals surface area contributed by atoms with Crippen LogP contribution in [0.1, 0.15) is 26.5 Å². The number of carbonyl (C=O) groups excluding carboxylic acids is 1. The summed E-state index contributed by atoms with van der Waals surface area (Å²) in [6.45, 7) is 5.78. The van der Waals surface area contributed by atoms with E-state index in [1.807, 2.05) is 20.0 Å². The Kier molecular flexibility index (Phi) is 5.76. The monoisotopic (exact) mass is 370 g/mol. The van der Waals surface area contributed by atoms with Gasteiger partial charge in [-0.1, -0.05) is 13.8 Å². The topological polar surface area (TPSA) is 94.0 Å². The Balaban J connectivity index is 2.06. The van der Waals surface area contributed by atoms with Gasteiger partial charge in [-0.15, -0.1) is 11.3 Å². The number of carbonyl (C=O) groups is 1. The van der Waals surface area contributed by atoms with E-state index in [4.69, 9.17) is 0 Å². The summed E-state index contributed by atoms with van der Waals surface area (Å²) in [5.74, 6) is -0.448. The van der Waals surface area contributed by atoms with E-state index in [9.17, 15) is 13.2 Å². The first-order chi connectivity index (χ1) is 11.2. The summed E-state index contributed by atoms with van der Waals surface area (Å²) in [4.78, 5) is 16.3. The molecule has 1 atom stereocenters. The Morgan fingerprint density at radius 3 is 2.67 bits per heavy atom. The van der Waals surface area contributed by atoms with Crippen molar-refractivity contribution in [1.29, 1.82) is 0 Å². The van der Waals surface area contributed by atoms with Crippen molar-refractivity contribution >= 4 is 27.1 Å². The van der Waals surface area contributed by atoms with Gasteiger partial charge in [-0.05, 0) is 12.8 Å². The Labute approximate surface area is 146 Å². The third-order valence-corrected chi connectivity index (χ3v) is 6.37. The fourth-order valence-electron chi connectivity index (χ4n) is 1.98. The van der Waals surface area contributed by atoms with E-state index in [1.54, 1.807) is 23.3 Å². The van der Waals surface area contributed by atoms with Crippen LogP contribution in [0, 0.1) is 5.92 Å². The van der Waals surface area contributed by atoms with Gasteiger partial charge >= 0.3 is 0 Å². The van der Waals surface area contributed by atoms with Crippen molar-refractivity contribution in [3.8, 4) is 10.6 Å². The molecule has 0 spiro atoms. The van der Waals surface area contributed by atoms with Gasteiger partial charge in [0.1, 0.15) is 10.3 Å². The molecule has 0 aromatic carbocycles. The van der Waals surface area contributed by atoms with Crippen LogP contribution >= 0.6 is 11.3 Å². The highest BCUT2D eigenvalue weighted by Gasteiger charge is 2.29. The third kappa shape index (κ3) is 4.64. The Morgan fingerprint density at radius 1 is 1.38 bits per heavy atom. The smallest absolute Gasteiger partial charge is 0.238 e. The number of nitrogens with one attached hydrogen (secondary N) is 1. The van der Waals surface area contributed by atoms with Crippen LogP contribution in [0.15, 0.2) is 17.8 Å². The van der Waals surface area contributed by atoms with Gasteiger partial charge in [0.25, 0.3) is 0 Å². The van der Waals surface area contributed by atoms with Crippen LogP contribution < -0.4 is 5.32 Å². The summed E-state index contributed by atoms with van der Waals surface area (Å²) >= 11 is 1.36. The SMILES string of the molecule is CC(C)CNC(=O)C(C)S(=O)(=O)Cc1csc(-c2cnn(C)c2)n1. The number of aryl methyl sites for hydroxylation is 1. The highest BCUT2D eigenvalue weighted by Crippen LogP contribution is 2.24. The van der Waals surface area contributed by atoms with Crippen molar-refractivity contribution < 1.29 is 13.2 Å². The Hall–Kier alpha value is -1.74. The van der Waals surface area contributed by atoms with Crippen LogP contribution in [-0.4, -0.2) is 40.9 Å². The van der Waals surface area contributed by atoms with Gasteiger partial charge in [0.15, 0.2) is 9.84 Å². The van der Waals surface area contributed by atoms with E-state index in [2.05, 4.69) is 15.4 Å². The van der Waals surface area contributed by atoms with Crippen molar-refractivity contribution in [1.82, 2.24) is 20.1 Å². The summed E-state index contributed by atoms with van der Waals surface area (Å²) in [5.41, 5.74) is 1.29. The zero-order valence-corrected chi connectivity index (χ0v) is 15.8. The predicted octanol–water partition coefficient (Wildman–Crippen LogP) is 1.62. The fraction of sp³-hybridized carbons (Fsp3) is 0.533. The summed E-state index contributed by atoms with van der Waals surface area (Å²) in [5, 5.41) is 8.06. The van der Waals surface area contributed by atoms with Gasteiger partial charge in [-0.3, -0.25) is 9.48 Å². The van der Waals surface area contributed by atoms with Crippen LogP contribution in [-0.2, 0) is 27.4 Å². The molecule has 1 amide bonds. The number of nitrogens with zero attached hydrogens (tertiary/aromatic N) is 3. The minimum atomic E-state index is -3.61. The number of rotatable bonds is 7.